The number of aromatic nitrogens is 2. The van der Waals surface area contributed by atoms with Crippen molar-refractivity contribution in [1.29, 1.82) is 5.26 Å². The largest absolute Gasteiger partial charge is 0.452 e. The molecule has 3 aromatic rings. The summed E-state index contributed by atoms with van der Waals surface area (Å²) in [5.74, 6) is 0.300. The van der Waals surface area contributed by atoms with E-state index in [2.05, 4.69) is 47.8 Å². The molecule has 35 heavy (non-hydrogen) atoms. The molecule has 2 aromatic carbocycles. The van der Waals surface area contributed by atoms with Crippen molar-refractivity contribution in [3.63, 3.8) is 0 Å². The number of hydrogen-bond acceptors (Lipinski definition) is 5. The van der Waals surface area contributed by atoms with Gasteiger partial charge in [0, 0.05) is 37.6 Å². The average Bonchev–Trinajstić information content (AvgIpc) is 3.39. The van der Waals surface area contributed by atoms with E-state index in [-0.39, 0.29) is 12.1 Å². The van der Waals surface area contributed by atoms with Crippen LogP contribution < -0.4 is 4.90 Å². The molecule has 184 valence electrons. The molecule has 0 aliphatic heterocycles. The lowest BCUT2D eigenvalue weighted by Crippen LogP contribution is -2.49. The molecule has 0 spiro atoms. The number of H-pyrrole nitrogens is 1. The van der Waals surface area contributed by atoms with Gasteiger partial charge in [0.25, 0.3) is 0 Å². The molecule has 1 aromatic heterocycles. The molecule has 3 rings (SSSR count). The number of aromatic amines is 1. The van der Waals surface area contributed by atoms with E-state index in [4.69, 9.17) is 4.74 Å². The third-order valence-corrected chi connectivity index (χ3v) is 6.80. The number of nitrogens with zero attached hydrogens (tertiary/aromatic N) is 4. The Labute approximate surface area is 208 Å². The van der Waals surface area contributed by atoms with Gasteiger partial charge >= 0.3 is 6.09 Å². The zero-order valence-electron chi connectivity index (χ0n) is 21.3. The highest BCUT2D eigenvalue weighted by Crippen LogP contribution is 2.28. The zero-order valence-corrected chi connectivity index (χ0v) is 21.3. The normalized spacial score (nSPS) is 12.7. The molecule has 0 bridgehead atoms. The summed E-state index contributed by atoms with van der Waals surface area (Å²) in [6.45, 7) is 10.3. The van der Waals surface area contributed by atoms with Gasteiger partial charge in [0.1, 0.15) is 0 Å². The van der Waals surface area contributed by atoms with Crippen LogP contribution in [0.15, 0.2) is 55.0 Å². The fraction of sp³-hybridized carbons (Fsp3) is 0.393. The number of nitriles is 1. The fourth-order valence-corrected chi connectivity index (χ4v) is 4.32. The van der Waals surface area contributed by atoms with Crippen molar-refractivity contribution in [2.75, 3.05) is 18.6 Å². The van der Waals surface area contributed by atoms with Crippen LogP contribution >= 0.6 is 0 Å². The number of amides is 1. The Hall–Kier alpha value is -3.63. The highest BCUT2D eigenvalue weighted by molar-refractivity contribution is 5.88. The Morgan fingerprint density at radius 3 is 2.51 bits per heavy atom. The van der Waals surface area contributed by atoms with E-state index in [1.54, 1.807) is 11.2 Å². The maximum absolute atomic E-state index is 13.0. The fourth-order valence-electron chi connectivity index (χ4n) is 4.32. The highest BCUT2D eigenvalue weighted by atomic mass is 16.5. The predicted octanol–water partition coefficient (Wildman–Crippen LogP) is 5.59. The van der Waals surface area contributed by atoms with Crippen LogP contribution in [0, 0.1) is 31.1 Å². The number of carbonyl (C=O) groups excluding carboxylic acids is 1. The van der Waals surface area contributed by atoms with E-state index in [0.717, 1.165) is 34.5 Å². The van der Waals surface area contributed by atoms with Gasteiger partial charge in [-0.3, -0.25) is 9.80 Å². The van der Waals surface area contributed by atoms with Crippen molar-refractivity contribution in [2.45, 2.75) is 53.2 Å². The minimum absolute atomic E-state index is 0.0398. The van der Waals surface area contributed by atoms with Gasteiger partial charge in [-0.05, 0) is 54.7 Å². The van der Waals surface area contributed by atoms with Gasteiger partial charge < -0.3 is 9.72 Å². The SMILES string of the molecule is CCC(C)[C@@H](CN(C(=O)OC)c1cccc(C)c1C)N(Cc1ccc(C#N)cc1)Cc1cnc[nH]1. The van der Waals surface area contributed by atoms with Crippen LogP contribution in [0.3, 0.4) is 0 Å². The lowest BCUT2D eigenvalue weighted by atomic mass is 9.95. The van der Waals surface area contributed by atoms with Crippen LogP contribution in [0.5, 0.6) is 0 Å². The van der Waals surface area contributed by atoms with Crippen molar-refractivity contribution in [3.8, 4) is 6.07 Å². The van der Waals surface area contributed by atoms with Gasteiger partial charge in [0.05, 0.1) is 30.8 Å². The molecular formula is C28H35N5O2. The van der Waals surface area contributed by atoms with Crippen molar-refractivity contribution in [2.24, 2.45) is 5.92 Å². The average molecular weight is 474 g/mol. The maximum atomic E-state index is 13.0. The monoisotopic (exact) mass is 473 g/mol. The second kappa shape index (κ2) is 12.2. The molecule has 0 radical (unpaired) electrons. The number of nitrogens with one attached hydrogen (secondary N) is 1. The number of ether oxygens (including phenoxy) is 1. The number of imidazole rings is 1. The summed E-state index contributed by atoms with van der Waals surface area (Å²) < 4.78 is 5.23. The molecule has 7 nitrogen and oxygen atoms in total. The van der Waals surface area contributed by atoms with Crippen LogP contribution in [0.2, 0.25) is 0 Å². The Morgan fingerprint density at radius 1 is 1.17 bits per heavy atom. The van der Waals surface area contributed by atoms with Crippen LogP contribution in [0.1, 0.15) is 48.2 Å². The van der Waals surface area contributed by atoms with Gasteiger partial charge in [0.2, 0.25) is 0 Å². The van der Waals surface area contributed by atoms with Crippen LogP contribution in [0.25, 0.3) is 0 Å². The Balaban J connectivity index is 2.00. The summed E-state index contributed by atoms with van der Waals surface area (Å²) in [5.41, 5.74) is 5.80. The summed E-state index contributed by atoms with van der Waals surface area (Å²) in [5, 5.41) is 9.18. The standard InChI is InChI=1S/C28H35N5O2/c1-6-20(2)27(18-33(28(34)35-5)26-9-7-8-21(3)22(26)4)32(17-25-15-30-19-31-25)16-24-12-10-23(14-29)11-13-24/h7-13,15,19-20,27H,6,16-18H2,1-5H3,(H,30,31)/t20?,27-/m1/s1. The lowest BCUT2D eigenvalue weighted by molar-refractivity contribution is 0.125. The minimum Gasteiger partial charge on any atom is -0.452 e. The van der Waals surface area contributed by atoms with Gasteiger partial charge in [-0.2, -0.15) is 5.26 Å². The molecule has 0 aliphatic carbocycles. The third kappa shape index (κ3) is 6.49. The Morgan fingerprint density at radius 2 is 1.91 bits per heavy atom. The Kier molecular flexibility index (Phi) is 9.04. The van der Waals surface area contributed by atoms with E-state index < -0.39 is 0 Å². The molecule has 0 aliphatic rings. The number of carbonyl (C=O) groups is 1. The van der Waals surface area contributed by atoms with E-state index in [1.165, 1.54) is 7.11 Å². The first-order valence-electron chi connectivity index (χ1n) is 12.0. The molecule has 0 saturated heterocycles. The molecule has 1 unspecified atom stereocenters. The first-order chi connectivity index (χ1) is 16.9. The first-order valence-corrected chi connectivity index (χ1v) is 12.0. The highest BCUT2D eigenvalue weighted by Gasteiger charge is 2.30. The van der Waals surface area contributed by atoms with Gasteiger partial charge in [-0.15, -0.1) is 0 Å². The van der Waals surface area contributed by atoms with Gasteiger partial charge in [-0.25, -0.2) is 9.78 Å². The smallest absolute Gasteiger partial charge is 0.414 e. The molecule has 0 fully saturated rings. The van der Waals surface area contributed by atoms with E-state index in [1.807, 2.05) is 49.5 Å². The minimum atomic E-state index is -0.369. The van der Waals surface area contributed by atoms with E-state index in [0.29, 0.717) is 31.1 Å². The third-order valence-electron chi connectivity index (χ3n) is 6.80. The number of hydrogen-bond donors (Lipinski definition) is 1. The second-order valence-corrected chi connectivity index (χ2v) is 9.04. The summed E-state index contributed by atoms with van der Waals surface area (Å²) in [6, 6.07) is 15.9. The topological polar surface area (TPSA) is 85.2 Å². The number of methoxy groups -OCH3 is 1. The van der Waals surface area contributed by atoms with Crippen LogP contribution in [0.4, 0.5) is 10.5 Å². The molecule has 0 saturated carbocycles. The second-order valence-electron chi connectivity index (χ2n) is 9.04. The zero-order chi connectivity index (χ0) is 25.4. The maximum Gasteiger partial charge on any atom is 0.414 e. The molecule has 1 amide bonds. The lowest BCUT2D eigenvalue weighted by Gasteiger charge is -2.38. The number of aryl methyl sites for hydroxylation is 1. The summed E-state index contributed by atoms with van der Waals surface area (Å²) >= 11 is 0. The van der Waals surface area contributed by atoms with E-state index in [9.17, 15) is 10.1 Å². The summed E-state index contributed by atoms with van der Waals surface area (Å²) in [4.78, 5) is 24.6. The number of benzene rings is 2. The Bertz CT molecular complexity index is 1140. The van der Waals surface area contributed by atoms with Crippen LogP contribution in [-0.2, 0) is 17.8 Å². The van der Waals surface area contributed by atoms with Gasteiger partial charge in [0.15, 0.2) is 0 Å². The number of anilines is 1. The summed E-state index contributed by atoms with van der Waals surface area (Å²) in [6.07, 6.45) is 4.11. The molecular weight excluding hydrogens is 438 g/mol. The quantitative estimate of drug-likeness (QED) is 0.415. The first kappa shape index (κ1) is 26.0. The molecule has 7 heteroatoms. The number of rotatable bonds is 10. The van der Waals surface area contributed by atoms with Crippen molar-refractivity contribution in [3.05, 3.63) is 82.9 Å². The summed E-state index contributed by atoms with van der Waals surface area (Å²) in [7, 11) is 1.43. The van der Waals surface area contributed by atoms with Crippen molar-refractivity contribution >= 4 is 11.8 Å². The van der Waals surface area contributed by atoms with Crippen LogP contribution in [-0.4, -0.2) is 40.7 Å². The van der Waals surface area contributed by atoms with E-state index >= 15 is 0 Å². The molecule has 2 atom stereocenters. The molecule has 1 N–H and O–H groups in total. The van der Waals surface area contributed by atoms with Crippen molar-refractivity contribution in [1.82, 2.24) is 14.9 Å². The van der Waals surface area contributed by atoms with Gasteiger partial charge in [-0.1, -0.05) is 44.5 Å². The predicted molar refractivity (Wildman–Crippen MR) is 138 cm³/mol. The molecule has 1 heterocycles. The van der Waals surface area contributed by atoms with Crippen molar-refractivity contribution < 1.29 is 9.53 Å².